The quantitative estimate of drug-likeness (QED) is 0.472. The Bertz CT molecular complexity index is 1080. The minimum Gasteiger partial charge on any atom is -0.497 e. The van der Waals surface area contributed by atoms with Gasteiger partial charge in [-0.15, -0.1) is 0 Å². The summed E-state index contributed by atoms with van der Waals surface area (Å²) in [4.78, 5) is 17.9. The van der Waals surface area contributed by atoms with Crippen LogP contribution in [0.25, 0.3) is 0 Å². The van der Waals surface area contributed by atoms with Gasteiger partial charge in [0, 0.05) is 42.5 Å². The molecule has 0 saturated carbocycles. The first-order valence-corrected chi connectivity index (χ1v) is 11.6. The molecule has 6 heteroatoms. The number of likely N-dealkylation sites (tertiary alicyclic amines) is 1. The summed E-state index contributed by atoms with van der Waals surface area (Å²) in [6, 6.07) is 23.3. The molecule has 1 aliphatic rings. The van der Waals surface area contributed by atoms with Crippen LogP contribution in [-0.4, -0.2) is 51.3 Å². The van der Waals surface area contributed by atoms with Gasteiger partial charge in [0.25, 0.3) is 5.91 Å². The molecule has 4 rings (SSSR count). The van der Waals surface area contributed by atoms with Gasteiger partial charge in [0.05, 0.1) is 21.3 Å². The summed E-state index contributed by atoms with van der Waals surface area (Å²) in [6.07, 6.45) is 1.77. The third-order valence-corrected chi connectivity index (χ3v) is 6.39. The number of hydrogen-bond acceptors (Lipinski definition) is 5. The molecular weight excluding hydrogens is 428 g/mol. The van der Waals surface area contributed by atoms with E-state index >= 15 is 0 Å². The Morgan fingerprint density at radius 1 is 0.853 bits per heavy atom. The monoisotopic (exact) mass is 460 g/mol. The number of carbonyl (C=O) groups is 1. The molecule has 3 aromatic carbocycles. The fourth-order valence-corrected chi connectivity index (χ4v) is 4.61. The Hall–Kier alpha value is -3.51. The number of rotatable bonds is 8. The van der Waals surface area contributed by atoms with Gasteiger partial charge in [0.1, 0.15) is 5.75 Å². The summed E-state index contributed by atoms with van der Waals surface area (Å²) >= 11 is 0. The lowest BCUT2D eigenvalue weighted by Gasteiger charge is -2.39. The van der Waals surface area contributed by atoms with Crippen molar-refractivity contribution in [1.29, 1.82) is 0 Å². The molecule has 1 fully saturated rings. The standard InChI is InChI=1S/C28H32N2O4/c1-32-25-14-12-23(13-15-25)30(28(31)21-8-5-4-6-9-21)24-16-18-29(19-17-24)20-22-10-7-11-26(33-2)27(22)34-3/h4-15,24H,16-20H2,1-3H3. The van der Waals surface area contributed by atoms with Gasteiger partial charge in [-0.3, -0.25) is 9.69 Å². The highest BCUT2D eigenvalue weighted by atomic mass is 16.5. The zero-order valence-corrected chi connectivity index (χ0v) is 20.1. The molecule has 178 valence electrons. The van der Waals surface area contributed by atoms with Gasteiger partial charge in [-0.25, -0.2) is 0 Å². The van der Waals surface area contributed by atoms with E-state index in [-0.39, 0.29) is 11.9 Å². The Kier molecular flexibility index (Phi) is 7.70. The molecular formula is C28H32N2O4. The van der Waals surface area contributed by atoms with Crippen molar-refractivity contribution in [2.75, 3.05) is 39.3 Å². The number of hydrogen-bond donors (Lipinski definition) is 0. The Morgan fingerprint density at radius 3 is 2.18 bits per heavy atom. The molecule has 34 heavy (non-hydrogen) atoms. The Balaban J connectivity index is 1.51. The van der Waals surface area contributed by atoms with Gasteiger partial charge >= 0.3 is 0 Å². The Morgan fingerprint density at radius 2 is 1.56 bits per heavy atom. The molecule has 0 N–H and O–H groups in total. The summed E-state index contributed by atoms with van der Waals surface area (Å²) in [6.45, 7) is 2.56. The zero-order valence-electron chi connectivity index (χ0n) is 20.1. The van der Waals surface area contributed by atoms with Gasteiger partial charge in [0.2, 0.25) is 0 Å². The molecule has 1 saturated heterocycles. The van der Waals surface area contributed by atoms with Crippen LogP contribution in [0.1, 0.15) is 28.8 Å². The van der Waals surface area contributed by atoms with Crippen molar-refractivity contribution in [1.82, 2.24) is 4.90 Å². The van der Waals surface area contributed by atoms with Crippen LogP contribution in [0.15, 0.2) is 72.8 Å². The van der Waals surface area contributed by atoms with Crippen LogP contribution in [0.4, 0.5) is 5.69 Å². The maximum atomic E-state index is 13.6. The van der Waals surface area contributed by atoms with Gasteiger partial charge < -0.3 is 19.1 Å². The predicted octanol–water partition coefficient (Wildman–Crippen LogP) is 5.02. The first-order chi connectivity index (χ1) is 16.6. The maximum Gasteiger partial charge on any atom is 0.258 e. The van der Waals surface area contributed by atoms with Gasteiger partial charge in [-0.05, 0) is 55.3 Å². The number of benzene rings is 3. The first kappa shape index (κ1) is 23.6. The maximum absolute atomic E-state index is 13.6. The van der Waals surface area contributed by atoms with Crippen LogP contribution in [0.2, 0.25) is 0 Å². The third-order valence-electron chi connectivity index (χ3n) is 6.39. The van der Waals surface area contributed by atoms with Crippen molar-refractivity contribution < 1.29 is 19.0 Å². The molecule has 0 radical (unpaired) electrons. The second-order valence-corrected chi connectivity index (χ2v) is 8.40. The molecule has 0 aromatic heterocycles. The molecule has 3 aromatic rings. The van der Waals surface area contributed by atoms with Crippen molar-refractivity contribution in [3.8, 4) is 17.2 Å². The van der Waals surface area contributed by atoms with Gasteiger partial charge in [-0.2, -0.15) is 0 Å². The normalized spacial score (nSPS) is 14.4. The highest BCUT2D eigenvalue weighted by molar-refractivity contribution is 6.06. The third kappa shape index (κ3) is 5.18. The lowest BCUT2D eigenvalue weighted by molar-refractivity contribution is 0.0958. The molecule has 1 amide bonds. The number of anilines is 1. The number of piperidine rings is 1. The van der Waals surface area contributed by atoms with E-state index in [2.05, 4.69) is 11.0 Å². The molecule has 0 bridgehead atoms. The second kappa shape index (κ2) is 11.1. The summed E-state index contributed by atoms with van der Waals surface area (Å²) < 4.78 is 16.4. The van der Waals surface area contributed by atoms with E-state index in [0.717, 1.165) is 61.0 Å². The van der Waals surface area contributed by atoms with Gasteiger partial charge in [0.15, 0.2) is 11.5 Å². The van der Waals surface area contributed by atoms with Crippen molar-refractivity contribution in [2.24, 2.45) is 0 Å². The fraction of sp³-hybridized carbons (Fsp3) is 0.321. The van der Waals surface area contributed by atoms with Crippen molar-refractivity contribution in [3.63, 3.8) is 0 Å². The average molecular weight is 461 g/mol. The van der Waals surface area contributed by atoms with E-state index in [9.17, 15) is 4.79 Å². The van der Waals surface area contributed by atoms with Crippen LogP contribution in [-0.2, 0) is 6.54 Å². The smallest absolute Gasteiger partial charge is 0.258 e. The molecule has 6 nitrogen and oxygen atoms in total. The van der Waals surface area contributed by atoms with Crippen LogP contribution in [0.3, 0.4) is 0 Å². The lowest BCUT2D eigenvalue weighted by Crippen LogP contribution is -2.47. The van der Waals surface area contributed by atoms with Crippen molar-refractivity contribution in [2.45, 2.75) is 25.4 Å². The number of ether oxygens (including phenoxy) is 3. The summed E-state index contributed by atoms with van der Waals surface area (Å²) in [5.41, 5.74) is 2.69. The van der Waals surface area contributed by atoms with Crippen LogP contribution < -0.4 is 19.1 Å². The number of nitrogens with zero attached hydrogens (tertiary/aromatic N) is 2. The number of carbonyl (C=O) groups excluding carboxylic acids is 1. The second-order valence-electron chi connectivity index (χ2n) is 8.40. The number of methoxy groups -OCH3 is 3. The molecule has 0 atom stereocenters. The first-order valence-electron chi connectivity index (χ1n) is 11.6. The number of para-hydroxylation sites is 1. The molecule has 0 spiro atoms. The summed E-state index contributed by atoms with van der Waals surface area (Å²) in [5.74, 6) is 2.33. The molecule has 0 aliphatic carbocycles. The minimum atomic E-state index is 0.0266. The lowest BCUT2D eigenvalue weighted by atomic mass is 10.00. The van der Waals surface area contributed by atoms with E-state index in [1.54, 1.807) is 21.3 Å². The van der Waals surface area contributed by atoms with E-state index in [0.29, 0.717) is 5.56 Å². The minimum absolute atomic E-state index is 0.0266. The largest absolute Gasteiger partial charge is 0.497 e. The van der Waals surface area contributed by atoms with Crippen molar-refractivity contribution >= 4 is 11.6 Å². The Labute approximate surface area is 201 Å². The molecule has 0 unspecified atom stereocenters. The van der Waals surface area contributed by atoms with E-state index in [1.807, 2.05) is 71.6 Å². The van der Waals surface area contributed by atoms with E-state index < -0.39 is 0 Å². The zero-order chi connectivity index (χ0) is 23.9. The number of amides is 1. The molecule has 1 heterocycles. The predicted molar refractivity (Wildman–Crippen MR) is 134 cm³/mol. The topological polar surface area (TPSA) is 51.2 Å². The highest BCUT2D eigenvalue weighted by Gasteiger charge is 2.30. The summed E-state index contributed by atoms with van der Waals surface area (Å²) in [7, 11) is 4.98. The van der Waals surface area contributed by atoms with Crippen LogP contribution in [0, 0.1) is 0 Å². The highest BCUT2D eigenvalue weighted by Crippen LogP contribution is 2.33. The van der Waals surface area contributed by atoms with Crippen LogP contribution in [0.5, 0.6) is 17.2 Å². The van der Waals surface area contributed by atoms with E-state index in [1.165, 1.54) is 0 Å². The molecule has 1 aliphatic heterocycles. The van der Waals surface area contributed by atoms with E-state index in [4.69, 9.17) is 14.2 Å². The average Bonchev–Trinajstić information content (AvgIpc) is 2.90. The fourth-order valence-electron chi connectivity index (χ4n) is 4.61. The van der Waals surface area contributed by atoms with Gasteiger partial charge in [-0.1, -0.05) is 30.3 Å². The summed E-state index contributed by atoms with van der Waals surface area (Å²) in [5, 5.41) is 0. The van der Waals surface area contributed by atoms with Crippen molar-refractivity contribution in [3.05, 3.63) is 83.9 Å². The SMILES string of the molecule is COc1ccc(N(C(=O)c2ccccc2)C2CCN(Cc3cccc(OC)c3OC)CC2)cc1. The van der Waals surface area contributed by atoms with Crippen LogP contribution >= 0.6 is 0 Å².